The lowest BCUT2D eigenvalue weighted by molar-refractivity contribution is -0.138. The maximum atomic E-state index is 14.1. The summed E-state index contributed by atoms with van der Waals surface area (Å²) in [6, 6.07) is 7.66. The van der Waals surface area contributed by atoms with E-state index in [0.717, 1.165) is 32.1 Å². The van der Waals surface area contributed by atoms with Crippen LogP contribution in [-0.2, 0) is 11.7 Å². The number of benzene rings is 2. The van der Waals surface area contributed by atoms with Gasteiger partial charge in [-0.2, -0.15) is 13.2 Å². The molecule has 172 valence electrons. The first-order chi connectivity index (χ1) is 14.4. The highest BCUT2D eigenvalue weighted by Gasteiger charge is 2.38. The van der Waals surface area contributed by atoms with Gasteiger partial charge in [0.2, 0.25) is 0 Å². The van der Waals surface area contributed by atoms with E-state index in [0.29, 0.717) is 16.9 Å². The van der Waals surface area contributed by atoms with Gasteiger partial charge in [-0.1, -0.05) is 45.4 Å². The third-order valence-corrected chi connectivity index (χ3v) is 7.24. The molecular weight excluding hydrogens is 403 g/mol. The first kappa shape index (κ1) is 23.9. The highest BCUT2D eigenvalue weighted by Crippen LogP contribution is 2.45. The summed E-state index contributed by atoms with van der Waals surface area (Å²) in [4.78, 5) is 0. The Morgan fingerprint density at radius 1 is 1.03 bits per heavy atom. The fraction of sp³-hybridized carbons (Fsp3) is 0.600. The first-order valence-electron chi connectivity index (χ1n) is 11.1. The van der Waals surface area contributed by atoms with Crippen molar-refractivity contribution < 1.29 is 23.0 Å². The number of rotatable bonds is 6. The highest BCUT2D eigenvalue weighted by atomic mass is 19.4. The number of halogens is 3. The molecule has 1 atom stereocenters. The molecule has 3 N–H and O–H groups in total. The van der Waals surface area contributed by atoms with Crippen molar-refractivity contribution in [3.63, 3.8) is 0 Å². The lowest BCUT2D eigenvalue weighted by atomic mass is 9.69. The molecule has 3 nitrogen and oxygen atoms in total. The van der Waals surface area contributed by atoms with Crippen LogP contribution < -0.4 is 10.5 Å². The van der Waals surface area contributed by atoms with E-state index in [1.807, 2.05) is 0 Å². The lowest BCUT2D eigenvalue weighted by Gasteiger charge is -2.39. The number of nitrogens with two attached hydrogens (primary N) is 1. The Bertz CT molecular complexity index is 913. The monoisotopic (exact) mass is 437 g/mol. The molecule has 0 saturated heterocycles. The van der Waals surface area contributed by atoms with Crippen molar-refractivity contribution in [2.24, 2.45) is 17.1 Å². The zero-order chi connectivity index (χ0) is 23.0. The summed E-state index contributed by atoms with van der Waals surface area (Å²) in [6.45, 7) is 8.06. The molecular formula is C25H34F3NO2. The molecule has 0 bridgehead atoms. The molecule has 1 unspecified atom stereocenters. The van der Waals surface area contributed by atoms with Gasteiger partial charge in [0.1, 0.15) is 11.3 Å². The standard InChI is InChI=1S/C25H34F3NO2/c1-5-23(2,3)17-7-10-19(11-8-17)31-21-13-6-16-14-18(24(4,29)15-30)9-12-20(16)22(21)25(26,27)28/h6,9,12-14,17,19,30H,5,7-8,10-11,15,29H2,1-4H3. The summed E-state index contributed by atoms with van der Waals surface area (Å²) in [5.41, 5.74) is 5.13. The molecule has 31 heavy (non-hydrogen) atoms. The minimum absolute atomic E-state index is 0.0864. The van der Waals surface area contributed by atoms with Crippen LogP contribution in [0.4, 0.5) is 13.2 Å². The second-order valence-corrected chi connectivity index (χ2v) is 9.88. The molecule has 1 saturated carbocycles. The van der Waals surface area contributed by atoms with Crippen molar-refractivity contribution in [3.05, 3.63) is 41.5 Å². The average Bonchev–Trinajstić information content (AvgIpc) is 2.72. The van der Waals surface area contributed by atoms with Crippen LogP contribution in [0.2, 0.25) is 0 Å². The number of aliphatic hydroxyl groups is 1. The van der Waals surface area contributed by atoms with Gasteiger partial charge in [0.25, 0.3) is 0 Å². The van der Waals surface area contributed by atoms with Crippen molar-refractivity contribution in [2.75, 3.05) is 6.61 Å². The van der Waals surface area contributed by atoms with Gasteiger partial charge in [-0.15, -0.1) is 0 Å². The molecule has 6 heteroatoms. The maximum absolute atomic E-state index is 14.1. The van der Waals surface area contributed by atoms with E-state index in [4.69, 9.17) is 10.5 Å². The molecule has 1 fully saturated rings. The summed E-state index contributed by atoms with van der Waals surface area (Å²) in [5.74, 6) is 0.468. The second kappa shape index (κ2) is 8.62. The van der Waals surface area contributed by atoms with Crippen LogP contribution in [0.15, 0.2) is 30.3 Å². The summed E-state index contributed by atoms with van der Waals surface area (Å²) in [7, 11) is 0. The fourth-order valence-electron chi connectivity index (χ4n) is 4.58. The molecule has 2 aromatic rings. The van der Waals surface area contributed by atoms with Crippen molar-refractivity contribution in [1.82, 2.24) is 0 Å². The van der Waals surface area contributed by atoms with Crippen molar-refractivity contribution in [1.29, 1.82) is 0 Å². The van der Waals surface area contributed by atoms with Crippen molar-refractivity contribution >= 4 is 10.8 Å². The minimum atomic E-state index is -4.54. The molecule has 0 heterocycles. The van der Waals surface area contributed by atoms with Crippen LogP contribution in [0.25, 0.3) is 10.8 Å². The van der Waals surface area contributed by atoms with Gasteiger partial charge in [-0.25, -0.2) is 0 Å². The SMILES string of the molecule is CCC(C)(C)C1CCC(Oc2ccc3cc(C(C)(N)CO)ccc3c2C(F)(F)F)CC1. The Kier molecular flexibility index (Phi) is 6.64. The van der Waals surface area contributed by atoms with Crippen LogP contribution in [0.5, 0.6) is 5.75 Å². The summed E-state index contributed by atoms with van der Waals surface area (Å²) in [6.07, 6.45) is -0.176. The fourth-order valence-corrected chi connectivity index (χ4v) is 4.58. The van der Waals surface area contributed by atoms with Crippen LogP contribution >= 0.6 is 0 Å². The zero-order valence-corrected chi connectivity index (χ0v) is 18.9. The first-order valence-corrected chi connectivity index (χ1v) is 11.1. The molecule has 2 aromatic carbocycles. The number of alkyl halides is 3. The number of ether oxygens (including phenoxy) is 1. The largest absolute Gasteiger partial charge is 0.490 e. The third kappa shape index (κ3) is 5.01. The third-order valence-electron chi connectivity index (χ3n) is 7.24. The molecule has 0 aromatic heterocycles. The predicted octanol–water partition coefficient (Wildman–Crippen LogP) is 6.40. The molecule has 1 aliphatic carbocycles. The number of hydrogen-bond acceptors (Lipinski definition) is 3. The van der Waals surface area contributed by atoms with Gasteiger partial charge in [0, 0.05) is 0 Å². The van der Waals surface area contributed by atoms with Gasteiger partial charge in [0.15, 0.2) is 0 Å². The lowest BCUT2D eigenvalue weighted by Crippen LogP contribution is -2.36. The van der Waals surface area contributed by atoms with Gasteiger partial charge in [-0.3, -0.25) is 0 Å². The second-order valence-electron chi connectivity index (χ2n) is 9.88. The van der Waals surface area contributed by atoms with Crippen molar-refractivity contribution in [2.45, 2.75) is 77.6 Å². The maximum Gasteiger partial charge on any atom is 0.420 e. The highest BCUT2D eigenvalue weighted by molar-refractivity contribution is 5.89. The normalized spacial score (nSPS) is 22.4. The Hall–Kier alpha value is -1.79. The van der Waals surface area contributed by atoms with Gasteiger partial charge >= 0.3 is 6.18 Å². The van der Waals surface area contributed by atoms with E-state index < -0.39 is 17.3 Å². The summed E-state index contributed by atoms with van der Waals surface area (Å²) in [5, 5.41) is 10.0. The van der Waals surface area contributed by atoms with E-state index in [2.05, 4.69) is 20.8 Å². The summed E-state index contributed by atoms with van der Waals surface area (Å²) < 4.78 is 48.1. The van der Waals surface area contributed by atoms with E-state index in [1.54, 1.807) is 25.1 Å². The molecule has 0 spiro atoms. The number of fused-ring (bicyclic) bond motifs is 1. The number of aliphatic hydroxyl groups excluding tert-OH is 1. The molecule has 3 rings (SSSR count). The molecule has 0 radical (unpaired) electrons. The van der Waals surface area contributed by atoms with Crippen LogP contribution in [0, 0.1) is 11.3 Å². The summed E-state index contributed by atoms with van der Waals surface area (Å²) >= 11 is 0. The minimum Gasteiger partial charge on any atom is -0.490 e. The Labute approximate surface area is 182 Å². The average molecular weight is 438 g/mol. The van der Waals surface area contributed by atoms with Gasteiger partial charge < -0.3 is 15.6 Å². The van der Waals surface area contributed by atoms with Gasteiger partial charge in [0.05, 0.1) is 18.2 Å². The molecule has 0 aliphatic heterocycles. The number of hydrogen-bond donors (Lipinski definition) is 2. The Morgan fingerprint density at radius 2 is 1.68 bits per heavy atom. The Morgan fingerprint density at radius 3 is 2.23 bits per heavy atom. The van der Waals surface area contributed by atoms with E-state index in [1.165, 1.54) is 12.1 Å². The zero-order valence-electron chi connectivity index (χ0n) is 18.9. The Balaban J connectivity index is 1.90. The molecule has 1 aliphatic rings. The van der Waals surface area contributed by atoms with E-state index in [9.17, 15) is 18.3 Å². The van der Waals surface area contributed by atoms with Crippen LogP contribution in [-0.4, -0.2) is 17.8 Å². The van der Waals surface area contributed by atoms with Crippen molar-refractivity contribution in [3.8, 4) is 5.75 Å². The molecule has 0 amide bonds. The van der Waals surface area contributed by atoms with Gasteiger partial charge in [-0.05, 0) is 72.4 Å². The van der Waals surface area contributed by atoms with E-state index in [-0.39, 0.29) is 29.3 Å². The topological polar surface area (TPSA) is 55.5 Å². The predicted molar refractivity (Wildman–Crippen MR) is 118 cm³/mol. The smallest absolute Gasteiger partial charge is 0.420 e. The van der Waals surface area contributed by atoms with Crippen LogP contribution in [0.1, 0.15) is 70.9 Å². The van der Waals surface area contributed by atoms with E-state index >= 15 is 0 Å². The van der Waals surface area contributed by atoms with Crippen LogP contribution in [0.3, 0.4) is 0 Å². The quantitative estimate of drug-likeness (QED) is 0.550.